The monoisotopic (exact) mass is 277 g/mol. The van der Waals surface area contributed by atoms with E-state index in [9.17, 15) is 4.79 Å². The van der Waals surface area contributed by atoms with Gasteiger partial charge in [0.05, 0.1) is 6.61 Å². The summed E-state index contributed by atoms with van der Waals surface area (Å²) in [7, 11) is 0. The number of benzene rings is 1. The number of halogens is 1. The summed E-state index contributed by atoms with van der Waals surface area (Å²) in [6.07, 6.45) is 2.60. The molecule has 0 bridgehead atoms. The molecule has 3 nitrogen and oxygen atoms in total. The van der Waals surface area contributed by atoms with Gasteiger partial charge in [0.15, 0.2) is 0 Å². The summed E-state index contributed by atoms with van der Waals surface area (Å²) in [6.45, 7) is 3.14. The van der Waals surface area contributed by atoms with Crippen LogP contribution in [0.15, 0.2) is 47.4 Å². The van der Waals surface area contributed by atoms with E-state index in [1.165, 1.54) is 0 Å². The lowest BCUT2D eigenvalue weighted by Crippen LogP contribution is -2.19. The molecular weight excluding hydrogens is 262 g/mol. The van der Waals surface area contributed by atoms with Gasteiger partial charge in [-0.3, -0.25) is 4.79 Å². The van der Waals surface area contributed by atoms with Gasteiger partial charge in [0.2, 0.25) is 0 Å². The number of hydrogen-bond acceptors (Lipinski definition) is 2. The fourth-order valence-corrected chi connectivity index (χ4v) is 1.87. The van der Waals surface area contributed by atoms with Crippen LogP contribution in [0.3, 0.4) is 0 Å². The molecule has 1 aromatic heterocycles. The summed E-state index contributed by atoms with van der Waals surface area (Å²) < 4.78 is 7.26. The van der Waals surface area contributed by atoms with Gasteiger partial charge in [-0.2, -0.15) is 0 Å². The molecule has 0 amide bonds. The Labute approximate surface area is 117 Å². The van der Waals surface area contributed by atoms with E-state index in [-0.39, 0.29) is 5.56 Å². The van der Waals surface area contributed by atoms with Crippen LogP contribution in [0.1, 0.15) is 12.0 Å². The molecule has 0 aliphatic heterocycles. The van der Waals surface area contributed by atoms with Crippen molar-refractivity contribution in [3.05, 3.63) is 63.5 Å². The molecular formula is C15H16ClNO2. The highest BCUT2D eigenvalue weighted by Crippen LogP contribution is 2.15. The molecule has 0 aliphatic carbocycles. The van der Waals surface area contributed by atoms with Crippen molar-refractivity contribution in [2.75, 3.05) is 6.61 Å². The zero-order valence-electron chi connectivity index (χ0n) is 10.8. The summed E-state index contributed by atoms with van der Waals surface area (Å²) in [5, 5.41) is 0.693. The second kappa shape index (κ2) is 6.43. The zero-order valence-corrected chi connectivity index (χ0v) is 11.6. The smallest absolute Gasteiger partial charge is 0.250 e. The number of rotatable bonds is 5. The third-order valence-electron chi connectivity index (χ3n) is 2.78. The number of aryl methyl sites for hydroxylation is 2. The molecule has 0 unspecified atom stereocenters. The van der Waals surface area contributed by atoms with E-state index in [1.807, 2.05) is 31.3 Å². The molecule has 2 aromatic rings. The fraction of sp³-hybridized carbons (Fsp3) is 0.267. The highest BCUT2D eigenvalue weighted by Gasteiger charge is 1.97. The van der Waals surface area contributed by atoms with Gasteiger partial charge >= 0.3 is 0 Å². The minimum atomic E-state index is 0.0338. The Bertz CT molecular complexity index is 590. The van der Waals surface area contributed by atoms with Crippen LogP contribution in [0.4, 0.5) is 0 Å². The topological polar surface area (TPSA) is 31.2 Å². The summed E-state index contributed by atoms with van der Waals surface area (Å²) in [6, 6.07) is 10.8. The van der Waals surface area contributed by atoms with Crippen LogP contribution < -0.4 is 10.3 Å². The van der Waals surface area contributed by atoms with Gasteiger partial charge < -0.3 is 9.30 Å². The first kappa shape index (κ1) is 13.7. The van der Waals surface area contributed by atoms with Crippen molar-refractivity contribution in [3.8, 4) is 5.75 Å². The summed E-state index contributed by atoms with van der Waals surface area (Å²) >= 11 is 5.79. The predicted molar refractivity (Wildman–Crippen MR) is 77.0 cm³/mol. The van der Waals surface area contributed by atoms with Gasteiger partial charge in [-0.1, -0.05) is 11.6 Å². The third kappa shape index (κ3) is 4.14. The Morgan fingerprint density at radius 2 is 1.95 bits per heavy atom. The molecule has 0 saturated heterocycles. The van der Waals surface area contributed by atoms with Crippen LogP contribution in [0, 0.1) is 6.92 Å². The highest BCUT2D eigenvalue weighted by molar-refractivity contribution is 6.30. The molecule has 0 saturated carbocycles. The van der Waals surface area contributed by atoms with Crippen molar-refractivity contribution >= 4 is 11.6 Å². The summed E-state index contributed by atoms with van der Waals surface area (Å²) in [5.74, 6) is 0.792. The molecule has 0 spiro atoms. The van der Waals surface area contributed by atoms with Crippen LogP contribution in [-0.2, 0) is 6.54 Å². The van der Waals surface area contributed by atoms with Crippen LogP contribution in [0.2, 0.25) is 5.02 Å². The standard InChI is InChI=1S/C15H16ClNO2/c1-12-7-9-17(15(18)11-12)8-2-10-19-14-5-3-13(16)4-6-14/h3-7,9,11H,2,8,10H2,1H3. The molecule has 2 rings (SSSR count). The molecule has 100 valence electrons. The lowest BCUT2D eigenvalue weighted by atomic mass is 10.3. The van der Waals surface area contributed by atoms with E-state index in [4.69, 9.17) is 16.3 Å². The van der Waals surface area contributed by atoms with Gasteiger partial charge in [0, 0.05) is 23.8 Å². The average Bonchev–Trinajstić information content (AvgIpc) is 2.39. The Morgan fingerprint density at radius 3 is 2.63 bits per heavy atom. The van der Waals surface area contributed by atoms with Crippen molar-refractivity contribution in [2.45, 2.75) is 19.9 Å². The van der Waals surface area contributed by atoms with Gasteiger partial charge in [-0.05, 0) is 49.2 Å². The molecule has 0 fully saturated rings. The Hall–Kier alpha value is -1.74. The minimum absolute atomic E-state index is 0.0338. The van der Waals surface area contributed by atoms with Crippen molar-refractivity contribution in [1.29, 1.82) is 0 Å². The summed E-state index contributed by atoms with van der Waals surface area (Å²) in [4.78, 5) is 11.6. The predicted octanol–water partition coefficient (Wildman–Crippen LogP) is 3.28. The molecule has 0 atom stereocenters. The molecule has 0 N–H and O–H groups in total. The zero-order chi connectivity index (χ0) is 13.7. The number of ether oxygens (including phenoxy) is 1. The number of nitrogens with zero attached hydrogens (tertiary/aromatic N) is 1. The molecule has 0 radical (unpaired) electrons. The first-order valence-electron chi connectivity index (χ1n) is 6.20. The maximum Gasteiger partial charge on any atom is 0.250 e. The minimum Gasteiger partial charge on any atom is -0.494 e. The van der Waals surface area contributed by atoms with Crippen LogP contribution >= 0.6 is 11.6 Å². The second-order valence-electron chi connectivity index (χ2n) is 4.39. The Balaban J connectivity index is 1.80. The van der Waals surface area contributed by atoms with Crippen LogP contribution in [0.25, 0.3) is 0 Å². The second-order valence-corrected chi connectivity index (χ2v) is 4.83. The number of pyridine rings is 1. The molecule has 19 heavy (non-hydrogen) atoms. The normalized spacial score (nSPS) is 10.4. The van der Waals surface area contributed by atoms with Crippen LogP contribution in [-0.4, -0.2) is 11.2 Å². The molecule has 1 aromatic carbocycles. The first-order valence-corrected chi connectivity index (χ1v) is 6.58. The molecule has 0 aliphatic rings. The Morgan fingerprint density at radius 1 is 1.21 bits per heavy atom. The Kier molecular flexibility index (Phi) is 4.63. The van der Waals surface area contributed by atoms with Crippen molar-refractivity contribution in [3.63, 3.8) is 0 Å². The number of hydrogen-bond donors (Lipinski definition) is 0. The highest BCUT2D eigenvalue weighted by atomic mass is 35.5. The molecule has 4 heteroatoms. The van der Waals surface area contributed by atoms with Gasteiger partial charge in [-0.15, -0.1) is 0 Å². The average molecular weight is 278 g/mol. The quantitative estimate of drug-likeness (QED) is 0.786. The van der Waals surface area contributed by atoms with Crippen LogP contribution in [0.5, 0.6) is 5.75 Å². The SMILES string of the molecule is Cc1ccn(CCCOc2ccc(Cl)cc2)c(=O)c1. The summed E-state index contributed by atoms with van der Waals surface area (Å²) in [5.41, 5.74) is 1.02. The van der Waals surface area contributed by atoms with Crippen molar-refractivity contribution in [2.24, 2.45) is 0 Å². The lowest BCUT2D eigenvalue weighted by Gasteiger charge is -2.08. The first-order chi connectivity index (χ1) is 9.15. The van der Waals surface area contributed by atoms with Gasteiger partial charge in [0.1, 0.15) is 5.75 Å². The third-order valence-corrected chi connectivity index (χ3v) is 3.03. The molecule has 1 heterocycles. The van der Waals surface area contributed by atoms with Gasteiger partial charge in [0.25, 0.3) is 5.56 Å². The maximum atomic E-state index is 11.6. The number of aromatic nitrogens is 1. The van der Waals surface area contributed by atoms with E-state index >= 15 is 0 Å². The van der Waals surface area contributed by atoms with E-state index in [0.29, 0.717) is 18.2 Å². The van der Waals surface area contributed by atoms with E-state index < -0.39 is 0 Å². The van der Waals surface area contributed by atoms with Gasteiger partial charge in [-0.25, -0.2) is 0 Å². The maximum absolute atomic E-state index is 11.6. The van der Waals surface area contributed by atoms with E-state index in [1.54, 1.807) is 22.8 Å². The lowest BCUT2D eigenvalue weighted by molar-refractivity contribution is 0.301. The largest absolute Gasteiger partial charge is 0.494 e. The van der Waals surface area contributed by atoms with Crippen molar-refractivity contribution in [1.82, 2.24) is 4.57 Å². The fourth-order valence-electron chi connectivity index (χ4n) is 1.75. The van der Waals surface area contributed by atoms with Crippen molar-refractivity contribution < 1.29 is 4.74 Å². The van der Waals surface area contributed by atoms with E-state index in [2.05, 4.69) is 0 Å². The van der Waals surface area contributed by atoms with E-state index in [0.717, 1.165) is 17.7 Å².